The standard InChI is InChI=1S/C47H62N2O8/c1-44(2,3)30-46(7,8)22-11-13-24-56-38-28-34(42(50)51)48-40-32(38)18-15-20-36(40)54-26-17-27-55-37-21-16-19-33-39(29-35(43(52)53)49-41(33)37)57-25-14-12-23-47(9,10)31-45(4,5)6/h11-16,18-21,28-29H,17,22-27,30-31H2,1-10H3,(H,50,51)(H,52,53). The van der Waals surface area contributed by atoms with Crippen molar-refractivity contribution in [2.24, 2.45) is 21.7 Å². The van der Waals surface area contributed by atoms with Crippen molar-refractivity contribution in [1.29, 1.82) is 0 Å². The Morgan fingerprint density at radius 2 is 0.947 bits per heavy atom. The minimum Gasteiger partial charge on any atom is -0.491 e. The zero-order chi connectivity index (χ0) is 42.0. The van der Waals surface area contributed by atoms with Crippen LogP contribution >= 0.6 is 0 Å². The van der Waals surface area contributed by atoms with Crippen molar-refractivity contribution < 1.29 is 38.7 Å². The summed E-state index contributed by atoms with van der Waals surface area (Å²) in [5.74, 6) is -0.667. The van der Waals surface area contributed by atoms with Crippen LogP contribution in [0.3, 0.4) is 0 Å². The molecule has 0 aliphatic heterocycles. The summed E-state index contributed by atoms with van der Waals surface area (Å²) in [5, 5.41) is 20.9. The highest BCUT2D eigenvalue weighted by Gasteiger charge is 2.25. The van der Waals surface area contributed by atoms with E-state index in [2.05, 4.69) is 91.4 Å². The zero-order valence-electron chi connectivity index (χ0n) is 35.5. The molecule has 0 radical (unpaired) electrons. The summed E-state index contributed by atoms with van der Waals surface area (Å²) in [5.41, 5.74) is 1.23. The van der Waals surface area contributed by atoms with E-state index in [1.165, 1.54) is 12.1 Å². The molecule has 57 heavy (non-hydrogen) atoms. The Bertz CT molecular complexity index is 1920. The maximum Gasteiger partial charge on any atom is 0.354 e. The lowest BCUT2D eigenvalue weighted by molar-refractivity contribution is 0.0680. The fourth-order valence-corrected chi connectivity index (χ4v) is 7.73. The predicted molar refractivity (Wildman–Crippen MR) is 227 cm³/mol. The molecule has 0 amide bonds. The number of aromatic carboxylic acids is 2. The van der Waals surface area contributed by atoms with Gasteiger partial charge < -0.3 is 29.2 Å². The molecule has 0 aliphatic carbocycles. The van der Waals surface area contributed by atoms with Gasteiger partial charge in [0.05, 0.1) is 13.2 Å². The maximum atomic E-state index is 12.0. The van der Waals surface area contributed by atoms with E-state index < -0.39 is 11.9 Å². The highest BCUT2D eigenvalue weighted by Crippen LogP contribution is 2.38. The summed E-state index contributed by atoms with van der Waals surface area (Å²) >= 11 is 0. The Hall–Kier alpha value is -5.12. The van der Waals surface area contributed by atoms with Crippen molar-refractivity contribution in [2.75, 3.05) is 26.4 Å². The fourth-order valence-electron chi connectivity index (χ4n) is 7.73. The molecule has 0 spiro atoms. The Morgan fingerprint density at radius 3 is 1.30 bits per heavy atom. The first-order valence-electron chi connectivity index (χ1n) is 19.8. The van der Waals surface area contributed by atoms with Crippen LogP contribution in [0, 0.1) is 21.7 Å². The summed E-state index contributed by atoms with van der Waals surface area (Å²) in [6, 6.07) is 13.7. The number of carboxylic acids is 2. The molecule has 4 rings (SSSR count). The lowest BCUT2D eigenvalue weighted by atomic mass is 9.74. The van der Waals surface area contributed by atoms with Gasteiger partial charge in [-0.15, -0.1) is 0 Å². The fraction of sp³-hybridized carbons (Fsp3) is 0.489. The first-order valence-corrected chi connectivity index (χ1v) is 19.8. The monoisotopic (exact) mass is 782 g/mol. The first kappa shape index (κ1) is 44.6. The Balaban J connectivity index is 1.40. The smallest absolute Gasteiger partial charge is 0.354 e. The van der Waals surface area contributed by atoms with Crippen molar-refractivity contribution in [2.45, 2.75) is 101 Å². The highest BCUT2D eigenvalue weighted by molar-refractivity contribution is 5.96. The largest absolute Gasteiger partial charge is 0.491 e. The third-order valence-corrected chi connectivity index (χ3v) is 9.13. The number of carboxylic acid groups (broad SMARTS) is 2. The van der Waals surface area contributed by atoms with E-state index in [0.29, 0.717) is 51.2 Å². The van der Waals surface area contributed by atoms with E-state index in [-0.39, 0.29) is 59.5 Å². The van der Waals surface area contributed by atoms with E-state index in [9.17, 15) is 19.8 Å². The Kier molecular flexibility index (Phi) is 14.8. The van der Waals surface area contributed by atoms with E-state index in [1.807, 2.05) is 36.4 Å². The van der Waals surface area contributed by atoms with Gasteiger partial charge in [-0.1, -0.05) is 106 Å². The molecule has 308 valence electrons. The minimum absolute atomic E-state index is 0.140. The zero-order valence-corrected chi connectivity index (χ0v) is 35.5. The Morgan fingerprint density at radius 1 is 0.561 bits per heavy atom. The van der Waals surface area contributed by atoms with E-state index in [4.69, 9.17) is 18.9 Å². The van der Waals surface area contributed by atoms with Gasteiger partial charge in [0.25, 0.3) is 0 Å². The third kappa shape index (κ3) is 14.1. The lowest BCUT2D eigenvalue weighted by Crippen LogP contribution is -2.20. The van der Waals surface area contributed by atoms with Crippen LogP contribution in [-0.4, -0.2) is 58.5 Å². The number of carbonyl (C=O) groups is 2. The molecule has 0 unspecified atom stereocenters. The van der Waals surface area contributed by atoms with Gasteiger partial charge in [0.15, 0.2) is 11.4 Å². The van der Waals surface area contributed by atoms with Crippen LogP contribution in [0.1, 0.15) is 122 Å². The second-order valence-electron chi connectivity index (χ2n) is 18.8. The average Bonchev–Trinajstić information content (AvgIpc) is 3.08. The molecular weight excluding hydrogens is 721 g/mol. The van der Waals surface area contributed by atoms with Gasteiger partial charge in [0.2, 0.25) is 0 Å². The van der Waals surface area contributed by atoms with Gasteiger partial charge in [0, 0.05) is 29.3 Å². The first-order chi connectivity index (χ1) is 26.6. The van der Waals surface area contributed by atoms with Crippen LogP contribution in [0.5, 0.6) is 23.0 Å². The number of fused-ring (bicyclic) bond motifs is 2. The molecule has 10 nitrogen and oxygen atoms in total. The SMILES string of the molecule is CC(C)(C)CC(C)(C)CC=CCOc1cc(C(=O)O)nc2c(OCCCOc3cccc4c(OCC=CCC(C)(C)CC(C)(C)C)cc(C(=O)O)nc34)cccc12. The van der Waals surface area contributed by atoms with E-state index >= 15 is 0 Å². The Labute approximate surface area is 338 Å². The maximum absolute atomic E-state index is 12.0. The summed E-state index contributed by atoms with van der Waals surface area (Å²) < 4.78 is 24.4. The highest BCUT2D eigenvalue weighted by atomic mass is 16.5. The predicted octanol–water partition coefficient (Wildman–Crippen LogP) is 11.6. The second-order valence-corrected chi connectivity index (χ2v) is 18.8. The molecule has 0 atom stereocenters. The molecular formula is C47H62N2O8. The molecule has 0 aliphatic rings. The number of nitrogens with zero attached hydrogens (tertiary/aromatic N) is 2. The van der Waals surface area contributed by atoms with Gasteiger partial charge in [-0.25, -0.2) is 19.6 Å². The molecule has 0 fully saturated rings. The van der Waals surface area contributed by atoms with Crippen LogP contribution in [0.2, 0.25) is 0 Å². The van der Waals surface area contributed by atoms with Gasteiger partial charge in [-0.3, -0.25) is 0 Å². The van der Waals surface area contributed by atoms with E-state index in [1.54, 1.807) is 12.1 Å². The summed E-state index contributed by atoms with van der Waals surface area (Å²) in [6.45, 7) is 23.5. The molecule has 2 N–H and O–H groups in total. The molecule has 0 bridgehead atoms. The normalized spacial score (nSPS) is 12.8. The molecule has 10 heteroatoms. The van der Waals surface area contributed by atoms with Crippen molar-refractivity contribution in [3.63, 3.8) is 0 Å². The number of benzene rings is 2. The van der Waals surface area contributed by atoms with Crippen LogP contribution in [-0.2, 0) is 0 Å². The lowest BCUT2D eigenvalue weighted by Gasteiger charge is -2.31. The number of rotatable bonds is 20. The second kappa shape index (κ2) is 18.9. The molecule has 0 saturated carbocycles. The molecule has 2 heterocycles. The number of para-hydroxylation sites is 2. The van der Waals surface area contributed by atoms with Crippen LogP contribution < -0.4 is 18.9 Å². The topological polar surface area (TPSA) is 137 Å². The van der Waals surface area contributed by atoms with E-state index in [0.717, 1.165) is 25.7 Å². The molecule has 2 aromatic carbocycles. The third-order valence-electron chi connectivity index (χ3n) is 9.13. The van der Waals surface area contributed by atoms with Crippen molar-refractivity contribution in [3.8, 4) is 23.0 Å². The molecule has 4 aromatic rings. The quantitative estimate of drug-likeness (QED) is 0.0658. The average molecular weight is 783 g/mol. The van der Waals surface area contributed by atoms with Gasteiger partial charge in [-0.2, -0.15) is 0 Å². The number of hydrogen-bond donors (Lipinski definition) is 2. The van der Waals surface area contributed by atoms with Crippen molar-refractivity contribution >= 4 is 33.7 Å². The molecule has 0 saturated heterocycles. The van der Waals surface area contributed by atoms with Gasteiger partial charge >= 0.3 is 11.9 Å². The number of ether oxygens (including phenoxy) is 4. The summed E-state index contributed by atoms with van der Waals surface area (Å²) in [4.78, 5) is 32.8. The number of aromatic nitrogens is 2. The van der Waals surface area contributed by atoms with Crippen LogP contribution in [0.15, 0.2) is 72.8 Å². The van der Waals surface area contributed by atoms with Crippen LogP contribution in [0.4, 0.5) is 0 Å². The van der Waals surface area contributed by atoms with Crippen molar-refractivity contribution in [1.82, 2.24) is 9.97 Å². The van der Waals surface area contributed by atoms with Crippen LogP contribution in [0.25, 0.3) is 21.8 Å². The number of hydrogen-bond acceptors (Lipinski definition) is 8. The van der Waals surface area contributed by atoms with Gasteiger partial charge in [0.1, 0.15) is 47.2 Å². The summed E-state index contributed by atoms with van der Waals surface area (Å²) in [6.07, 6.45) is 12.6. The minimum atomic E-state index is -1.17. The number of allylic oxidation sites excluding steroid dienone is 2. The summed E-state index contributed by atoms with van der Waals surface area (Å²) in [7, 11) is 0. The number of pyridine rings is 2. The van der Waals surface area contributed by atoms with Gasteiger partial charge in [-0.05, 0) is 71.6 Å². The van der Waals surface area contributed by atoms with Crippen molar-refractivity contribution in [3.05, 3.63) is 84.2 Å². The molecule has 2 aromatic heterocycles.